The Morgan fingerprint density at radius 3 is 1.09 bits per heavy atom. The predicted molar refractivity (Wildman–Crippen MR) is 28.2 cm³/mol. The van der Waals surface area contributed by atoms with E-state index in [1.807, 2.05) is 0 Å². The Labute approximate surface area is 121 Å². The van der Waals surface area contributed by atoms with Crippen molar-refractivity contribution in [3.8, 4) is 0 Å². The van der Waals surface area contributed by atoms with Crippen LogP contribution < -0.4 is 49.6 Å². The molecule has 0 heterocycles. The first-order valence-electron chi connectivity index (χ1n) is 0.875. The first-order valence-corrected chi connectivity index (χ1v) is 3.76. The van der Waals surface area contributed by atoms with Crippen LogP contribution in [-0.2, 0) is 4.46 Å². The molecule has 0 rings (SSSR count). The van der Waals surface area contributed by atoms with Crippen LogP contribution in [0, 0.1) is 0 Å². The average molecular weight is 307 g/mol. The van der Waals surface area contributed by atoms with E-state index in [0.29, 0.717) is 0 Å². The summed E-state index contributed by atoms with van der Waals surface area (Å²) in [5.74, 6) is 0. The number of hydrogen-bond acceptors (Lipinski definition) is 2. The topological polar surface area (TPSA) is 57.5 Å². The fraction of sp³-hybridized carbons (Fsp3) is 0. The molecule has 0 spiro atoms. The monoisotopic (exact) mass is 304 g/mol. The number of halogens is 5. The fourth-order valence-electron chi connectivity index (χ4n) is 0. The molecule has 0 aromatic rings. The van der Waals surface area contributed by atoms with Gasteiger partial charge in [0, 0.05) is 0 Å². The molecule has 0 amide bonds. The van der Waals surface area contributed by atoms with Crippen molar-refractivity contribution in [2.24, 2.45) is 0 Å². The zero-order valence-electron chi connectivity index (χ0n) is 4.98. The molecule has 0 aromatic carbocycles. The van der Waals surface area contributed by atoms with E-state index in [4.69, 9.17) is 13.4 Å². The van der Waals surface area contributed by atoms with Gasteiger partial charge in [-0.3, -0.25) is 0 Å². The molecule has 11 heteroatoms. The van der Waals surface area contributed by atoms with Crippen LogP contribution in [0.1, 0.15) is 0 Å². The van der Waals surface area contributed by atoms with Crippen molar-refractivity contribution in [1.29, 1.82) is 0 Å². The van der Waals surface area contributed by atoms with Gasteiger partial charge in [-0.15, -0.1) is 0 Å². The molecule has 0 radical (unpaired) electrons. The zero-order chi connectivity index (χ0) is 5.58. The van der Waals surface area contributed by atoms with Gasteiger partial charge >= 0.3 is 52.1 Å². The molecule has 0 aliphatic heterocycles. The van der Waals surface area contributed by atoms with Crippen LogP contribution in [0.2, 0.25) is 0 Å². The van der Waals surface area contributed by atoms with Gasteiger partial charge in [-0.25, -0.2) is 0 Å². The van der Waals surface area contributed by atoms with Gasteiger partial charge in [0.15, 0.2) is 0 Å². The Hall–Kier alpha value is 2.53. The Morgan fingerprint density at radius 1 is 1.09 bits per heavy atom. The van der Waals surface area contributed by atoms with E-state index < -0.39 is 8.24 Å². The summed E-state index contributed by atoms with van der Waals surface area (Å²) in [5.41, 5.74) is 0. The number of hydrogen-bond donors (Lipinski definition) is 2. The zero-order valence-corrected chi connectivity index (χ0v) is 12.3. The third kappa shape index (κ3) is 218. The standard InChI is InChI=1S/Al.ClHO2Si.4ClH.Mg.H2O/c;1-4(2)3;;;;;;/h;2H;4*1H;;1H2/q+3;;;;;;+2;/p-5. The van der Waals surface area contributed by atoms with Gasteiger partial charge in [-0.2, -0.15) is 0 Å². The van der Waals surface area contributed by atoms with E-state index in [-0.39, 0.29) is 72.7 Å². The van der Waals surface area contributed by atoms with Crippen molar-refractivity contribution in [1.82, 2.24) is 0 Å². The predicted octanol–water partition coefficient (Wildman–Crippen LogP) is -13.7. The van der Waals surface area contributed by atoms with Crippen LogP contribution in [0.15, 0.2) is 0 Å². The van der Waals surface area contributed by atoms with Gasteiger partial charge < -0.3 is 58.9 Å². The Kier molecular flexibility index (Phi) is 247. The van der Waals surface area contributed by atoms with E-state index in [9.17, 15) is 0 Å². The second-order valence-corrected chi connectivity index (χ2v) is 1.73. The van der Waals surface area contributed by atoms with Gasteiger partial charge in [0.25, 0.3) is 0 Å². The molecule has 11 heavy (non-hydrogen) atoms. The summed E-state index contributed by atoms with van der Waals surface area (Å²) in [6.45, 7) is 0. The first-order chi connectivity index (χ1) is 2.73. The van der Waals surface area contributed by atoms with Crippen molar-refractivity contribution in [3.63, 3.8) is 0 Å². The van der Waals surface area contributed by atoms with Gasteiger partial charge in [0.2, 0.25) is 0 Å². The summed E-state index contributed by atoms with van der Waals surface area (Å²) in [6.07, 6.45) is 0. The van der Waals surface area contributed by atoms with Crippen LogP contribution in [0.5, 0.6) is 0 Å². The molecule has 0 fully saturated rings. The van der Waals surface area contributed by atoms with Crippen molar-refractivity contribution >= 4 is 59.0 Å². The summed E-state index contributed by atoms with van der Waals surface area (Å²) in [7, 11) is -2.66. The summed E-state index contributed by atoms with van der Waals surface area (Å²) < 4.78 is 15.9. The quantitative estimate of drug-likeness (QED) is 0.345. The first kappa shape index (κ1) is 49.8. The van der Waals surface area contributed by atoms with E-state index >= 15 is 0 Å². The average Bonchev–Trinajstić information content (AvgIpc) is 1.41. The van der Waals surface area contributed by atoms with E-state index in [2.05, 4.69) is 11.1 Å². The molecule has 0 aliphatic rings. The minimum absolute atomic E-state index is 0. The molecular weight excluding hydrogens is 305 g/mol. The van der Waals surface area contributed by atoms with Crippen LogP contribution in [-0.4, -0.2) is 56.9 Å². The van der Waals surface area contributed by atoms with Gasteiger partial charge in [-0.05, 0) is 11.1 Å². The second kappa shape index (κ2) is 54.5. The molecule has 3 nitrogen and oxygen atoms in total. The van der Waals surface area contributed by atoms with E-state index in [1.54, 1.807) is 0 Å². The molecule has 0 atom stereocenters. The summed E-state index contributed by atoms with van der Waals surface area (Å²) in [6, 6.07) is 0. The Balaban J connectivity index is -0.00000000432. The maximum atomic E-state index is 8.95. The third-order valence-electron chi connectivity index (χ3n) is 0. The van der Waals surface area contributed by atoms with Gasteiger partial charge in [-0.1, -0.05) is 0 Å². The minimum atomic E-state index is -2.66. The van der Waals surface area contributed by atoms with Crippen LogP contribution >= 0.6 is 11.1 Å². The summed E-state index contributed by atoms with van der Waals surface area (Å²) in [5, 5.41) is 0. The third-order valence-corrected chi connectivity index (χ3v) is 0. The second-order valence-electron chi connectivity index (χ2n) is 0.253. The van der Waals surface area contributed by atoms with Crippen molar-refractivity contribution < 1.29 is 63.0 Å². The SMILES string of the molecule is O=[Si](O)Cl.[Cl-].[Cl-].[Cl-].[Cl-].[Mg+2].[OH][Al+2]. The Bertz CT molecular complexity index is 44.7. The van der Waals surface area contributed by atoms with Crippen LogP contribution in [0.25, 0.3) is 0 Å². The Morgan fingerprint density at radius 2 is 1.09 bits per heavy atom. The molecule has 0 aliphatic carbocycles. The summed E-state index contributed by atoms with van der Waals surface area (Å²) >= 11 is 5.79. The number of rotatable bonds is 0. The molecule has 2 N–H and O–H groups in total. The van der Waals surface area contributed by atoms with Crippen molar-refractivity contribution in [2.75, 3.05) is 0 Å². The van der Waals surface area contributed by atoms with Crippen molar-refractivity contribution in [3.05, 3.63) is 0 Å². The molecule has 0 aromatic heterocycles. The van der Waals surface area contributed by atoms with E-state index in [0.717, 1.165) is 0 Å². The molecular formula is H2AlCl5MgO3Si. The van der Waals surface area contributed by atoms with Gasteiger partial charge in [0.05, 0.1) is 0 Å². The normalized spacial score (nSPS) is 2.91. The summed E-state index contributed by atoms with van der Waals surface area (Å²) in [4.78, 5) is 7.37. The van der Waals surface area contributed by atoms with Crippen molar-refractivity contribution in [2.45, 2.75) is 0 Å². The molecule has 0 saturated carbocycles. The van der Waals surface area contributed by atoms with Crippen LogP contribution in [0.3, 0.4) is 0 Å². The fourth-order valence-corrected chi connectivity index (χ4v) is 0. The molecule has 0 bridgehead atoms. The molecule has 64 valence electrons. The van der Waals surface area contributed by atoms with Gasteiger partial charge in [0.1, 0.15) is 0 Å². The molecule has 0 unspecified atom stereocenters. The van der Waals surface area contributed by atoms with Crippen LogP contribution in [0.4, 0.5) is 0 Å². The maximum absolute atomic E-state index is 8.95. The molecule has 0 saturated heterocycles. The van der Waals surface area contributed by atoms with E-state index in [1.165, 1.54) is 16.6 Å².